The monoisotopic (exact) mass is 208 g/mol. The maximum absolute atomic E-state index is 10.6. The predicted octanol–water partition coefficient (Wildman–Crippen LogP) is 2.41. The van der Waals surface area contributed by atoms with Crippen LogP contribution in [0, 0.1) is 0 Å². The Morgan fingerprint density at radius 2 is 2.13 bits per heavy atom. The summed E-state index contributed by atoms with van der Waals surface area (Å²) in [6.07, 6.45) is 0.153. The van der Waals surface area contributed by atoms with Crippen LogP contribution in [0.25, 0.3) is 0 Å². The van der Waals surface area contributed by atoms with E-state index in [1.165, 1.54) is 0 Å². The van der Waals surface area contributed by atoms with E-state index < -0.39 is 5.97 Å². The van der Waals surface area contributed by atoms with Crippen molar-refractivity contribution >= 4 is 5.97 Å². The molecular weight excluding hydrogens is 192 g/mol. The van der Waals surface area contributed by atoms with Crippen molar-refractivity contribution in [1.82, 2.24) is 0 Å². The summed E-state index contributed by atoms with van der Waals surface area (Å²) in [5, 5.41) is 8.73. The average Bonchev–Trinajstić information content (AvgIpc) is 2.18. The highest BCUT2D eigenvalue weighted by molar-refractivity contribution is 5.68. The first-order valence-electron chi connectivity index (χ1n) is 4.93. The van der Waals surface area contributed by atoms with Crippen LogP contribution in [-0.2, 0) is 16.1 Å². The largest absolute Gasteiger partial charge is 0.481 e. The van der Waals surface area contributed by atoms with Crippen molar-refractivity contribution in [3.05, 3.63) is 35.4 Å². The third-order valence-corrected chi connectivity index (χ3v) is 2.37. The Bertz CT molecular complexity index is 333. The molecule has 1 aromatic carbocycles. The summed E-state index contributed by atoms with van der Waals surface area (Å²) in [4.78, 5) is 10.6. The molecule has 3 nitrogen and oxygen atoms in total. The lowest BCUT2D eigenvalue weighted by Crippen LogP contribution is -2.06. The molecule has 0 aromatic heterocycles. The minimum Gasteiger partial charge on any atom is -0.481 e. The Labute approximate surface area is 89.7 Å². The van der Waals surface area contributed by atoms with E-state index in [4.69, 9.17) is 9.84 Å². The summed E-state index contributed by atoms with van der Waals surface area (Å²) in [7, 11) is 1.64. The maximum atomic E-state index is 10.6. The molecule has 0 aliphatic heterocycles. The second kappa shape index (κ2) is 5.51. The van der Waals surface area contributed by atoms with Gasteiger partial charge in [0.2, 0.25) is 0 Å². The van der Waals surface area contributed by atoms with Gasteiger partial charge in [-0.15, -0.1) is 0 Å². The number of benzene rings is 1. The quantitative estimate of drug-likeness (QED) is 0.808. The topological polar surface area (TPSA) is 46.5 Å². The molecule has 3 heteroatoms. The number of aliphatic carboxylic acids is 1. The molecule has 0 fully saturated rings. The van der Waals surface area contributed by atoms with Gasteiger partial charge in [-0.3, -0.25) is 4.79 Å². The Kier molecular flexibility index (Phi) is 4.31. The Morgan fingerprint density at radius 3 is 2.73 bits per heavy atom. The molecule has 0 bridgehead atoms. The Morgan fingerprint density at radius 1 is 1.47 bits per heavy atom. The van der Waals surface area contributed by atoms with E-state index in [0.29, 0.717) is 6.61 Å². The minimum atomic E-state index is -0.769. The van der Waals surface area contributed by atoms with Gasteiger partial charge in [0, 0.05) is 7.11 Å². The molecule has 1 rings (SSSR count). The van der Waals surface area contributed by atoms with E-state index in [0.717, 1.165) is 11.1 Å². The van der Waals surface area contributed by atoms with Crippen LogP contribution in [0.15, 0.2) is 24.3 Å². The van der Waals surface area contributed by atoms with Crippen molar-refractivity contribution < 1.29 is 14.6 Å². The van der Waals surface area contributed by atoms with Gasteiger partial charge in [-0.05, 0) is 17.0 Å². The van der Waals surface area contributed by atoms with Crippen LogP contribution in [0.5, 0.6) is 0 Å². The Balaban J connectivity index is 2.86. The second-order valence-electron chi connectivity index (χ2n) is 3.63. The first-order valence-corrected chi connectivity index (χ1v) is 4.93. The summed E-state index contributed by atoms with van der Waals surface area (Å²) in [6, 6.07) is 7.79. The fourth-order valence-electron chi connectivity index (χ4n) is 1.67. The summed E-state index contributed by atoms with van der Waals surface area (Å²) < 4.78 is 5.08. The van der Waals surface area contributed by atoms with Gasteiger partial charge in [0.1, 0.15) is 0 Å². The molecule has 0 amide bonds. The van der Waals surface area contributed by atoms with Crippen molar-refractivity contribution in [3.8, 4) is 0 Å². The molecule has 0 saturated carbocycles. The number of hydrogen-bond donors (Lipinski definition) is 1. The number of hydrogen-bond acceptors (Lipinski definition) is 2. The zero-order valence-corrected chi connectivity index (χ0v) is 9.06. The van der Waals surface area contributed by atoms with Crippen LogP contribution in [0.4, 0.5) is 0 Å². The van der Waals surface area contributed by atoms with Gasteiger partial charge in [-0.1, -0.05) is 31.2 Å². The molecule has 1 unspecified atom stereocenters. The van der Waals surface area contributed by atoms with E-state index in [-0.39, 0.29) is 12.3 Å². The molecule has 0 spiro atoms. The molecule has 0 saturated heterocycles. The molecule has 1 atom stereocenters. The number of methoxy groups -OCH3 is 1. The van der Waals surface area contributed by atoms with Crippen LogP contribution in [0.1, 0.15) is 30.4 Å². The molecule has 15 heavy (non-hydrogen) atoms. The van der Waals surface area contributed by atoms with Crippen molar-refractivity contribution in [1.29, 1.82) is 0 Å². The first kappa shape index (κ1) is 11.7. The fourth-order valence-corrected chi connectivity index (χ4v) is 1.67. The Hall–Kier alpha value is -1.35. The van der Waals surface area contributed by atoms with Crippen molar-refractivity contribution in [2.24, 2.45) is 0 Å². The molecule has 1 aromatic rings. The molecule has 0 radical (unpaired) electrons. The minimum absolute atomic E-state index is 0.0221. The normalized spacial score (nSPS) is 12.4. The van der Waals surface area contributed by atoms with Crippen LogP contribution >= 0.6 is 0 Å². The fraction of sp³-hybridized carbons (Fsp3) is 0.417. The highest BCUT2D eigenvalue weighted by Gasteiger charge is 2.13. The summed E-state index contributed by atoms with van der Waals surface area (Å²) in [6.45, 7) is 2.45. The SMILES string of the molecule is COCc1ccccc1C(C)CC(=O)O. The molecule has 0 aliphatic rings. The van der Waals surface area contributed by atoms with Gasteiger partial charge in [-0.2, -0.15) is 0 Å². The third kappa shape index (κ3) is 3.36. The molecule has 0 aliphatic carbocycles. The van der Waals surface area contributed by atoms with Crippen LogP contribution in [-0.4, -0.2) is 18.2 Å². The van der Waals surface area contributed by atoms with Crippen LogP contribution < -0.4 is 0 Å². The van der Waals surface area contributed by atoms with Crippen LogP contribution in [0.3, 0.4) is 0 Å². The average molecular weight is 208 g/mol. The van der Waals surface area contributed by atoms with Gasteiger partial charge in [-0.25, -0.2) is 0 Å². The van der Waals surface area contributed by atoms with Gasteiger partial charge in [0.05, 0.1) is 13.0 Å². The van der Waals surface area contributed by atoms with E-state index in [2.05, 4.69) is 0 Å². The smallest absolute Gasteiger partial charge is 0.303 e. The highest BCUT2D eigenvalue weighted by atomic mass is 16.5. The van der Waals surface area contributed by atoms with E-state index in [9.17, 15) is 4.79 Å². The number of ether oxygens (including phenoxy) is 1. The van der Waals surface area contributed by atoms with E-state index in [1.54, 1.807) is 7.11 Å². The first-order chi connectivity index (χ1) is 7.15. The van der Waals surface area contributed by atoms with Gasteiger partial charge in [0.25, 0.3) is 0 Å². The van der Waals surface area contributed by atoms with E-state index >= 15 is 0 Å². The van der Waals surface area contributed by atoms with Gasteiger partial charge < -0.3 is 9.84 Å². The van der Waals surface area contributed by atoms with Gasteiger partial charge >= 0.3 is 5.97 Å². The van der Waals surface area contributed by atoms with Crippen molar-refractivity contribution in [3.63, 3.8) is 0 Å². The number of carbonyl (C=O) groups is 1. The lowest BCUT2D eigenvalue weighted by molar-refractivity contribution is -0.137. The molecule has 82 valence electrons. The lowest BCUT2D eigenvalue weighted by atomic mass is 9.93. The summed E-state index contributed by atoms with van der Waals surface area (Å²) in [5.74, 6) is -0.747. The molecule has 0 heterocycles. The van der Waals surface area contributed by atoms with Crippen molar-refractivity contribution in [2.75, 3.05) is 7.11 Å². The standard InChI is InChI=1S/C12H16O3/c1-9(7-12(13)14)11-6-4-3-5-10(11)8-15-2/h3-6,9H,7-8H2,1-2H3,(H,13,14). The molecular formula is C12H16O3. The maximum Gasteiger partial charge on any atom is 0.303 e. The molecule has 1 N–H and O–H groups in total. The summed E-state index contributed by atoms with van der Waals surface area (Å²) in [5.41, 5.74) is 2.12. The predicted molar refractivity (Wildman–Crippen MR) is 57.8 cm³/mol. The number of rotatable bonds is 5. The van der Waals surface area contributed by atoms with Crippen LogP contribution in [0.2, 0.25) is 0 Å². The van der Waals surface area contributed by atoms with E-state index in [1.807, 2.05) is 31.2 Å². The number of carboxylic acids is 1. The highest BCUT2D eigenvalue weighted by Crippen LogP contribution is 2.23. The lowest BCUT2D eigenvalue weighted by Gasteiger charge is -2.14. The second-order valence-corrected chi connectivity index (χ2v) is 3.63. The van der Waals surface area contributed by atoms with Crippen molar-refractivity contribution in [2.45, 2.75) is 25.9 Å². The van der Waals surface area contributed by atoms with Gasteiger partial charge in [0.15, 0.2) is 0 Å². The zero-order valence-electron chi connectivity index (χ0n) is 9.06. The third-order valence-electron chi connectivity index (χ3n) is 2.37. The summed E-state index contributed by atoms with van der Waals surface area (Å²) >= 11 is 0. The number of carboxylic acid groups (broad SMARTS) is 1. The zero-order chi connectivity index (χ0) is 11.3.